The van der Waals surface area contributed by atoms with E-state index >= 15 is 0 Å². The van der Waals surface area contributed by atoms with Gasteiger partial charge in [-0.1, -0.05) is 0 Å². The Bertz CT molecular complexity index is 465. The number of methoxy groups -OCH3 is 3. The highest BCUT2D eigenvalue weighted by Gasteiger charge is 2.46. The number of carbonyl (C=O) groups is 1. The maximum Gasteiger partial charge on any atom is 0.288 e. The molecule has 1 saturated heterocycles. The van der Waals surface area contributed by atoms with E-state index in [0.717, 1.165) is 0 Å². The van der Waals surface area contributed by atoms with Crippen LogP contribution in [-0.2, 0) is 18.9 Å². The van der Waals surface area contributed by atoms with Gasteiger partial charge in [0.05, 0.1) is 6.61 Å². The smallest absolute Gasteiger partial charge is 0.288 e. The van der Waals surface area contributed by atoms with Crippen molar-refractivity contribution in [3.05, 3.63) is 12.2 Å². The molecule has 1 aromatic heterocycles. The van der Waals surface area contributed by atoms with Gasteiger partial charge < -0.3 is 24.7 Å². The molecule has 2 N–H and O–H groups in total. The summed E-state index contributed by atoms with van der Waals surface area (Å²) in [5.74, 6) is -0.778. The minimum absolute atomic E-state index is 0.0763. The molecule has 1 aromatic rings. The summed E-state index contributed by atoms with van der Waals surface area (Å²) in [6.07, 6.45) is -0.209. The number of nitrogens with zero attached hydrogens (tertiary/aromatic N) is 3. The average Bonchev–Trinajstić information content (AvgIpc) is 3.02. The lowest BCUT2D eigenvalue weighted by molar-refractivity contribution is -0.0709. The third kappa shape index (κ3) is 2.66. The van der Waals surface area contributed by atoms with E-state index < -0.39 is 18.2 Å². The summed E-state index contributed by atoms with van der Waals surface area (Å²) in [4.78, 5) is 14.9. The number of hydrogen-bond acceptors (Lipinski definition) is 7. The average molecular weight is 286 g/mol. The summed E-state index contributed by atoms with van der Waals surface area (Å²) in [6.45, 7) is 0.353. The van der Waals surface area contributed by atoms with Crippen LogP contribution in [0.5, 0.6) is 0 Å². The molecular formula is C11H18N4O5. The normalized spacial score (nSPS) is 29.8. The fourth-order valence-corrected chi connectivity index (χ4v) is 2.27. The first kappa shape index (κ1) is 14.9. The molecule has 0 aliphatic carbocycles. The van der Waals surface area contributed by atoms with Crippen LogP contribution in [0.4, 0.5) is 0 Å². The summed E-state index contributed by atoms with van der Waals surface area (Å²) >= 11 is 0. The number of aromatic nitrogens is 3. The Morgan fingerprint density at radius 3 is 2.60 bits per heavy atom. The van der Waals surface area contributed by atoms with Crippen LogP contribution in [-0.4, -0.2) is 66.9 Å². The summed E-state index contributed by atoms with van der Waals surface area (Å²) in [5, 5.41) is 3.98. The van der Waals surface area contributed by atoms with Crippen molar-refractivity contribution >= 4 is 5.91 Å². The second-order valence-corrected chi connectivity index (χ2v) is 4.33. The highest BCUT2D eigenvalue weighted by Crippen LogP contribution is 2.32. The number of rotatable bonds is 6. The van der Waals surface area contributed by atoms with Gasteiger partial charge in [0.25, 0.3) is 5.91 Å². The molecule has 9 nitrogen and oxygen atoms in total. The van der Waals surface area contributed by atoms with Crippen molar-refractivity contribution in [2.24, 2.45) is 5.73 Å². The first-order valence-corrected chi connectivity index (χ1v) is 6.03. The lowest BCUT2D eigenvalue weighted by atomic mass is 10.1. The van der Waals surface area contributed by atoms with E-state index in [9.17, 15) is 4.79 Å². The van der Waals surface area contributed by atoms with Crippen LogP contribution in [0, 0.1) is 0 Å². The molecule has 0 spiro atoms. The SMILES string of the molecule is COC[C@H]1O[C@@H](n2cnc(C(N)=O)n2)C(OC)C1OC. The molecule has 112 valence electrons. The van der Waals surface area contributed by atoms with Crippen LogP contribution < -0.4 is 5.73 Å². The van der Waals surface area contributed by atoms with Gasteiger partial charge in [0, 0.05) is 21.3 Å². The Morgan fingerprint density at radius 1 is 1.40 bits per heavy atom. The van der Waals surface area contributed by atoms with Gasteiger partial charge in [0.15, 0.2) is 6.23 Å². The van der Waals surface area contributed by atoms with Gasteiger partial charge in [-0.2, -0.15) is 0 Å². The first-order chi connectivity index (χ1) is 9.62. The molecule has 1 fully saturated rings. The molecule has 1 aliphatic heterocycles. The minimum atomic E-state index is -0.701. The molecule has 0 saturated carbocycles. The van der Waals surface area contributed by atoms with Gasteiger partial charge in [-0.05, 0) is 0 Å². The Balaban J connectivity index is 2.22. The predicted molar refractivity (Wildman–Crippen MR) is 65.9 cm³/mol. The van der Waals surface area contributed by atoms with Crippen molar-refractivity contribution in [3.63, 3.8) is 0 Å². The van der Waals surface area contributed by atoms with E-state index in [2.05, 4.69) is 10.1 Å². The summed E-state index contributed by atoms with van der Waals surface area (Å²) in [5.41, 5.74) is 5.13. The molecule has 9 heteroatoms. The quantitative estimate of drug-likeness (QED) is 0.710. The van der Waals surface area contributed by atoms with Gasteiger partial charge >= 0.3 is 0 Å². The fourth-order valence-electron chi connectivity index (χ4n) is 2.27. The van der Waals surface area contributed by atoms with E-state index in [1.807, 2.05) is 0 Å². The lowest BCUT2D eigenvalue weighted by Gasteiger charge is -2.21. The molecule has 4 atom stereocenters. The van der Waals surface area contributed by atoms with E-state index in [4.69, 9.17) is 24.7 Å². The number of carbonyl (C=O) groups excluding carboxylic acids is 1. The highest BCUT2D eigenvalue weighted by atomic mass is 16.6. The molecule has 2 unspecified atom stereocenters. The summed E-state index contributed by atoms with van der Waals surface area (Å²) in [6, 6.07) is 0. The van der Waals surface area contributed by atoms with Crippen molar-refractivity contribution in [2.75, 3.05) is 27.9 Å². The molecule has 0 bridgehead atoms. The molecule has 1 amide bonds. The van der Waals surface area contributed by atoms with Crippen LogP contribution in [0.2, 0.25) is 0 Å². The maximum atomic E-state index is 11.0. The van der Waals surface area contributed by atoms with Crippen molar-refractivity contribution in [3.8, 4) is 0 Å². The van der Waals surface area contributed by atoms with Crippen LogP contribution >= 0.6 is 0 Å². The number of hydrogen-bond donors (Lipinski definition) is 1. The monoisotopic (exact) mass is 286 g/mol. The van der Waals surface area contributed by atoms with E-state index in [1.165, 1.54) is 11.0 Å². The zero-order chi connectivity index (χ0) is 14.7. The van der Waals surface area contributed by atoms with Crippen LogP contribution in [0.15, 0.2) is 6.33 Å². The summed E-state index contributed by atoms with van der Waals surface area (Å²) in [7, 11) is 4.70. The maximum absolute atomic E-state index is 11.0. The molecule has 1 aliphatic rings. The number of nitrogens with two attached hydrogens (primary N) is 1. The zero-order valence-corrected chi connectivity index (χ0v) is 11.6. The van der Waals surface area contributed by atoms with Crippen LogP contribution in [0.25, 0.3) is 0 Å². The minimum Gasteiger partial charge on any atom is -0.382 e. The van der Waals surface area contributed by atoms with Gasteiger partial charge in [-0.25, -0.2) is 9.67 Å². The van der Waals surface area contributed by atoms with Crippen molar-refractivity contribution in [1.82, 2.24) is 14.8 Å². The van der Waals surface area contributed by atoms with E-state index in [1.54, 1.807) is 21.3 Å². The highest BCUT2D eigenvalue weighted by molar-refractivity contribution is 5.88. The van der Waals surface area contributed by atoms with Gasteiger partial charge in [-0.3, -0.25) is 4.79 Å². The largest absolute Gasteiger partial charge is 0.382 e. The van der Waals surface area contributed by atoms with Gasteiger partial charge in [0.1, 0.15) is 24.6 Å². The van der Waals surface area contributed by atoms with E-state index in [-0.39, 0.29) is 18.0 Å². The number of primary amides is 1. The fraction of sp³-hybridized carbons (Fsp3) is 0.727. The van der Waals surface area contributed by atoms with Crippen molar-refractivity contribution < 1.29 is 23.7 Å². The second kappa shape index (κ2) is 6.27. The molecule has 2 rings (SSSR count). The van der Waals surface area contributed by atoms with Crippen molar-refractivity contribution in [2.45, 2.75) is 24.5 Å². The first-order valence-electron chi connectivity index (χ1n) is 6.03. The van der Waals surface area contributed by atoms with E-state index in [0.29, 0.717) is 6.61 Å². The topological polar surface area (TPSA) is 111 Å². The number of amides is 1. The van der Waals surface area contributed by atoms with Crippen molar-refractivity contribution in [1.29, 1.82) is 0 Å². The predicted octanol–water partition coefficient (Wildman–Crippen LogP) is -1.05. The van der Waals surface area contributed by atoms with Crippen LogP contribution in [0.3, 0.4) is 0 Å². The molecule has 2 heterocycles. The van der Waals surface area contributed by atoms with Gasteiger partial charge in [-0.15, -0.1) is 5.10 Å². The molecular weight excluding hydrogens is 268 g/mol. The Labute approximate surface area is 115 Å². The number of ether oxygens (including phenoxy) is 4. The third-order valence-corrected chi connectivity index (χ3v) is 3.15. The summed E-state index contributed by atoms with van der Waals surface area (Å²) < 4.78 is 23.1. The molecule has 0 radical (unpaired) electrons. The Hall–Kier alpha value is -1.55. The van der Waals surface area contributed by atoms with Crippen LogP contribution in [0.1, 0.15) is 16.8 Å². The zero-order valence-electron chi connectivity index (χ0n) is 11.6. The second-order valence-electron chi connectivity index (χ2n) is 4.33. The molecule has 0 aromatic carbocycles. The van der Waals surface area contributed by atoms with Gasteiger partial charge in [0.2, 0.25) is 5.82 Å². The Kier molecular flexibility index (Phi) is 4.65. The lowest BCUT2D eigenvalue weighted by Crippen LogP contribution is -2.37. The molecule has 20 heavy (non-hydrogen) atoms. The third-order valence-electron chi connectivity index (χ3n) is 3.15. The Morgan fingerprint density at radius 2 is 2.10 bits per heavy atom. The standard InChI is InChI=1S/C11H18N4O5/c1-17-4-6-7(18-2)8(19-3)11(20-6)15-5-13-10(14-15)9(12)16/h5-8,11H,4H2,1-3H3,(H2,12,16)/t6-,7?,8?,11-/m1/s1.